The molecule has 29 heavy (non-hydrogen) atoms. The molecule has 4 rings (SSSR count). The Labute approximate surface area is 168 Å². The molecule has 1 aromatic heterocycles. The van der Waals surface area contributed by atoms with Gasteiger partial charge in [-0.05, 0) is 73.2 Å². The molecule has 0 spiro atoms. The molecule has 2 aromatic carbocycles. The van der Waals surface area contributed by atoms with Crippen LogP contribution in [0.5, 0.6) is 0 Å². The number of carbonyl (C=O) groups is 2. The number of fused-ring (bicyclic) bond motifs is 1. The third kappa shape index (κ3) is 3.78. The topological polar surface area (TPSA) is 82.3 Å². The minimum Gasteiger partial charge on any atom is -0.348 e. The van der Waals surface area contributed by atoms with Gasteiger partial charge in [0, 0.05) is 41.8 Å². The maximum absolute atomic E-state index is 12.6. The number of hydrogen-bond acceptors (Lipinski definition) is 3. The van der Waals surface area contributed by atoms with Crippen molar-refractivity contribution in [1.29, 1.82) is 0 Å². The summed E-state index contributed by atoms with van der Waals surface area (Å²) in [4.78, 5) is 41.5. The molecule has 3 aromatic rings. The minimum absolute atomic E-state index is 0.0794. The number of aromatic nitrogens is 1. The zero-order valence-corrected chi connectivity index (χ0v) is 16.5. The molecule has 1 fully saturated rings. The van der Waals surface area contributed by atoms with E-state index < -0.39 is 0 Å². The fraction of sp³-hybridized carbons (Fsp3) is 0.261. The summed E-state index contributed by atoms with van der Waals surface area (Å²) in [6.07, 6.45) is 1.37. The highest BCUT2D eigenvalue weighted by Crippen LogP contribution is 2.22. The van der Waals surface area contributed by atoms with Crippen LogP contribution in [0.3, 0.4) is 0 Å². The fourth-order valence-corrected chi connectivity index (χ4v) is 3.67. The Bertz CT molecular complexity index is 1180. The number of nitrogens with zero attached hydrogens (tertiary/aromatic N) is 1. The van der Waals surface area contributed by atoms with Gasteiger partial charge in [-0.15, -0.1) is 0 Å². The molecule has 1 saturated heterocycles. The van der Waals surface area contributed by atoms with Crippen LogP contribution in [0.2, 0.25) is 0 Å². The molecule has 148 valence electrons. The quantitative estimate of drug-likeness (QED) is 0.719. The van der Waals surface area contributed by atoms with E-state index in [4.69, 9.17) is 0 Å². The summed E-state index contributed by atoms with van der Waals surface area (Å²) in [5.74, 6) is -0.200. The molecule has 0 aliphatic carbocycles. The Morgan fingerprint density at radius 3 is 2.66 bits per heavy atom. The second kappa shape index (κ2) is 7.54. The van der Waals surface area contributed by atoms with Gasteiger partial charge in [0.15, 0.2) is 0 Å². The van der Waals surface area contributed by atoms with Crippen molar-refractivity contribution in [3.8, 4) is 0 Å². The van der Waals surface area contributed by atoms with E-state index in [-0.39, 0.29) is 23.9 Å². The highest BCUT2D eigenvalue weighted by molar-refractivity contribution is 5.99. The van der Waals surface area contributed by atoms with Crippen molar-refractivity contribution >= 4 is 28.4 Å². The first kappa shape index (κ1) is 18.9. The zero-order valence-electron chi connectivity index (χ0n) is 16.5. The summed E-state index contributed by atoms with van der Waals surface area (Å²) in [7, 11) is 0. The van der Waals surface area contributed by atoms with Crippen molar-refractivity contribution in [2.45, 2.75) is 33.2 Å². The molecule has 2 heterocycles. The lowest BCUT2D eigenvalue weighted by Gasteiger charge is -2.16. The van der Waals surface area contributed by atoms with Crippen LogP contribution in [0.15, 0.2) is 47.3 Å². The second-order valence-electron chi connectivity index (χ2n) is 7.53. The van der Waals surface area contributed by atoms with Crippen molar-refractivity contribution in [3.63, 3.8) is 0 Å². The number of anilines is 1. The Morgan fingerprint density at radius 1 is 1.10 bits per heavy atom. The first-order valence-corrected chi connectivity index (χ1v) is 9.74. The number of pyridine rings is 1. The molecule has 0 saturated carbocycles. The van der Waals surface area contributed by atoms with Crippen molar-refractivity contribution in [2.75, 3.05) is 11.4 Å². The SMILES string of the molecule is Cc1cc2cc(CNC(=O)c3cccc(N4CCCC4=O)c3)c(=O)[nH]c2cc1C. The van der Waals surface area contributed by atoms with Gasteiger partial charge in [0.25, 0.3) is 11.5 Å². The summed E-state index contributed by atoms with van der Waals surface area (Å²) < 4.78 is 0. The molecule has 6 heteroatoms. The predicted molar refractivity (Wildman–Crippen MR) is 113 cm³/mol. The molecular weight excluding hydrogens is 366 g/mol. The van der Waals surface area contributed by atoms with Gasteiger partial charge in [-0.1, -0.05) is 6.07 Å². The average molecular weight is 389 g/mol. The normalized spacial score (nSPS) is 13.9. The molecule has 1 aliphatic heterocycles. The van der Waals surface area contributed by atoms with Crippen molar-refractivity contribution in [2.24, 2.45) is 0 Å². The van der Waals surface area contributed by atoms with Gasteiger partial charge >= 0.3 is 0 Å². The number of aryl methyl sites for hydroxylation is 2. The van der Waals surface area contributed by atoms with Gasteiger partial charge in [-0.2, -0.15) is 0 Å². The fourth-order valence-electron chi connectivity index (χ4n) is 3.67. The molecule has 1 aliphatic rings. The summed E-state index contributed by atoms with van der Waals surface area (Å²) in [6.45, 7) is 4.84. The van der Waals surface area contributed by atoms with E-state index in [1.165, 1.54) is 0 Å². The van der Waals surface area contributed by atoms with Crippen LogP contribution in [-0.2, 0) is 11.3 Å². The van der Waals surface area contributed by atoms with Gasteiger partial charge in [0.2, 0.25) is 5.91 Å². The lowest BCUT2D eigenvalue weighted by molar-refractivity contribution is -0.117. The maximum Gasteiger partial charge on any atom is 0.253 e. The molecule has 0 radical (unpaired) electrons. The number of nitrogens with one attached hydrogen (secondary N) is 2. The summed E-state index contributed by atoms with van der Waals surface area (Å²) in [5.41, 5.74) is 4.53. The van der Waals surface area contributed by atoms with Gasteiger partial charge in [0.05, 0.1) is 0 Å². The third-order valence-corrected chi connectivity index (χ3v) is 5.47. The van der Waals surface area contributed by atoms with Crippen LogP contribution in [0, 0.1) is 13.8 Å². The number of H-pyrrole nitrogens is 1. The highest BCUT2D eigenvalue weighted by atomic mass is 16.2. The van der Waals surface area contributed by atoms with Crippen LogP contribution in [0.25, 0.3) is 10.9 Å². The van der Waals surface area contributed by atoms with E-state index in [2.05, 4.69) is 10.3 Å². The Hall–Kier alpha value is -3.41. The minimum atomic E-state index is -0.280. The number of amides is 2. The first-order valence-electron chi connectivity index (χ1n) is 9.74. The molecule has 0 atom stereocenters. The van der Waals surface area contributed by atoms with Crippen LogP contribution >= 0.6 is 0 Å². The number of hydrogen-bond donors (Lipinski definition) is 2. The van der Waals surface area contributed by atoms with E-state index in [1.807, 2.05) is 38.1 Å². The number of aromatic amines is 1. The van der Waals surface area contributed by atoms with Crippen molar-refractivity contribution in [1.82, 2.24) is 10.3 Å². The van der Waals surface area contributed by atoms with E-state index in [0.29, 0.717) is 24.1 Å². The number of rotatable bonds is 4. The standard InChI is InChI=1S/C23H23N3O3/c1-14-9-17-11-18(23(29)25-20(17)10-15(14)2)13-24-22(28)16-5-3-6-19(12-16)26-8-4-7-21(26)27/h3,5-6,9-12H,4,7-8,13H2,1-2H3,(H,24,28)(H,25,29). The second-order valence-corrected chi connectivity index (χ2v) is 7.53. The smallest absolute Gasteiger partial charge is 0.253 e. The Balaban J connectivity index is 1.52. The first-order chi connectivity index (χ1) is 13.9. The monoisotopic (exact) mass is 389 g/mol. The Morgan fingerprint density at radius 2 is 1.90 bits per heavy atom. The predicted octanol–water partition coefficient (Wildman–Crippen LogP) is 3.20. The van der Waals surface area contributed by atoms with Gasteiger partial charge in [-0.3, -0.25) is 14.4 Å². The lowest BCUT2D eigenvalue weighted by Crippen LogP contribution is -2.27. The maximum atomic E-state index is 12.6. The lowest BCUT2D eigenvalue weighted by atomic mass is 10.0. The number of carbonyl (C=O) groups excluding carboxylic acids is 2. The largest absolute Gasteiger partial charge is 0.348 e. The van der Waals surface area contributed by atoms with E-state index in [0.717, 1.165) is 34.1 Å². The van der Waals surface area contributed by atoms with Gasteiger partial charge in [-0.25, -0.2) is 0 Å². The van der Waals surface area contributed by atoms with E-state index >= 15 is 0 Å². The summed E-state index contributed by atoms with van der Waals surface area (Å²) in [6, 6.07) is 12.8. The third-order valence-electron chi connectivity index (χ3n) is 5.47. The van der Waals surface area contributed by atoms with E-state index in [1.54, 1.807) is 23.1 Å². The van der Waals surface area contributed by atoms with E-state index in [9.17, 15) is 14.4 Å². The van der Waals surface area contributed by atoms with Crippen LogP contribution in [0.4, 0.5) is 5.69 Å². The molecule has 2 amide bonds. The van der Waals surface area contributed by atoms with Gasteiger partial charge in [0.1, 0.15) is 0 Å². The molecule has 0 bridgehead atoms. The molecule has 0 unspecified atom stereocenters. The summed E-state index contributed by atoms with van der Waals surface area (Å²) >= 11 is 0. The van der Waals surface area contributed by atoms with Crippen molar-refractivity contribution < 1.29 is 9.59 Å². The molecule has 2 N–H and O–H groups in total. The van der Waals surface area contributed by atoms with Gasteiger partial charge < -0.3 is 15.2 Å². The van der Waals surface area contributed by atoms with Crippen molar-refractivity contribution in [3.05, 3.63) is 75.1 Å². The summed E-state index contributed by atoms with van der Waals surface area (Å²) in [5, 5.41) is 3.75. The Kier molecular flexibility index (Phi) is 4.92. The molecule has 6 nitrogen and oxygen atoms in total. The van der Waals surface area contributed by atoms with Crippen LogP contribution < -0.4 is 15.8 Å². The highest BCUT2D eigenvalue weighted by Gasteiger charge is 2.22. The molecular formula is C23H23N3O3. The van der Waals surface area contributed by atoms with Crippen LogP contribution in [0.1, 0.15) is 39.9 Å². The van der Waals surface area contributed by atoms with Crippen LogP contribution in [-0.4, -0.2) is 23.3 Å². The number of benzene rings is 2. The zero-order chi connectivity index (χ0) is 20.5. The average Bonchev–Trinajstić information content (AvgIpc) is 3.13.